The summed E-state index contributed by atoms with van der Waals surface area (Å²) in [7, 11) is 0. The van der Waals surface area contributed by atoms with Gasteiger partial charge in [0.25, 0.3) is 0 Å². The lowest BCUT2D eigenvalue weighted by atomic mass is 9.83. The van der Waals surface area contributed by atoms with Crippen molar-refractivity contribution in [1.29, 1.82) is 0 Å². The molecule has 17 aromatic rings. The number of hydrogen-bond acceptors (Lipinski definition) is 1. The lowest BCUT2D eigenvalue weighted by molar-refractivity contribution is 0.443. The van der Waals surface area contributed by atoms with E-state index in [2.05, 4.69) is 309 Å². The molecule has 416 valence electrons. The maximum atomic E-state index is 5.78. The molecule has 88 heavy (non-hydrogen) atoms. The minimum Gasteiger partial charge on any atom is -0.309 e. The highest BCUT2D eigenvalue weighted by Gasteiger charge is 2.24. The van der Waals surface area contributed by atoms with Crippen LogP contribution in [0.5, 0.6) is 0 Å². The number of nitrogens with zero attached hydrogens (tertiary/aromatic N) is 5. The zero-order valence-corrected chi connectivity index (χ0v) is 48.6. The topological polar surface area (TPSA) is 32.6 Å². The molecule has 0 unspecified atom stereocenters. The fourth-order valence-electron chi connectivity index (χ4n) is 15.2. The highest BCUT2D eigenvalue weighted by atomic mass is 15.0. The molecule has 1 fully saturated rings. The summed E-state index contributed by atoms with van der Waals surface area (Å²) in [6, 6.07) is 108. The van der Waals surface area contributed by atoms with Crippen molar-refractivity contribution in [1.82, 2.24) is 23.3 Å². The summed E-state index contributed by atoms with van der Waals surface area (Å²) in [4.78, 5) is 5.78. The van der Waals surface area contributed by atoms with E-state index in [1.54, 1.807) is 0 Å². The number of fused-ring (bicyclic) bond motifs is 12. The van der Waals surface area contributed by atoms with E-state index >= 15 is 0 Å². The fourth-order valence-corrected chi connectivity index (χ4v) is 15.2. The summed E-state index contributed by atoms with van der Waals surface area (Å²) in [5.74, 6) is 0.454. The third-order valence-electron chi connectivity index (χ3n) is 19.1. The number of rotatable bonds is 9. The second-order valence-corrected chi connectivity index (χ2v) is 24.0. The van der Waals surface area contributed by atoms with Crippen LogP contribution in [0.2, 0.25) is 0 Å². The van der Waals surface area contributed by atoms with Gasteiger partial charge in [-0.2, -0.15) is 0 Å². The first-order valence-electron chi connectivity index (χ1n) is 31.1. The molecule has 5 aromatic heterocycles. The van der Waals surface area contributed by atoms with Crippen LogP contribution < -0.4 is 0 Å². The largest absolute Gasteiger partial charge is 0.309 e. The first-order chi connectivity index (χ1) is 43.7. The molecule has 0 amide bonds. The van der Waals surface area contributed by atoms with E-state index in [-0.39, 0.29) is 0 Å². The summed E-state index contributed by atoms with van der Waals surface area (Å²) in [6.45, 7) is 0. The van der Waals surface area contributed by atoms with Gasteiger partial charge in [-0.15, -0.1) is 0 Å². The molecular weight excluding hydrogens is 1070 g/mol. The number of aromatic nitrogens is 5. The summed E-state index contributed by atoms with van der Waals surface area (Å²) >= 11 is 0. The molecule has 1 aliphatic carbocycles. The molecule has 18 rings (SSSR count). The van der Waals surface area contributed by atoms with Gasteiger partial charge in [-0.05, 0) is 145 Å². The SMILES string of the molecule is c1cc(-c2cc(C3CCCCC3)cc(-c3cccc(-c4cc(-n5c6ccccc6c6ccccc65)ccc4-n4c5ccccc5c5ccccc54)c3)n2)cc(-c2cc(-n3c4ccccc4c4ccccc43)ccc2-n2c3ccccc3c3ccccc32)c1. The van der Waals surface area contributed by atoms with Gasteiger partial charge in [0, 0.05) is 76.7 Å². The van der Waals surface area contributed by atoms with E-state index in [0.29, 0.717) is 5.92 Å². The molecule has 0 N–H and O–H groups in total. The second-order valence-electron chi connectivity index (χ2n) is 24.0. The minimum absolute atomic E-state index is 0.454. The van der Waals surface area contributed by atoms with Crippen molar-refractivity contribution < 1.29 is 0 Å². The van der Waals surface area contributed by atoms with Crippen LogP contribution in [0.25, 0.3) is 155 Å². The molecule has 1 aliphatic rings. The third-order valence-corrected chi connectivity index (χ3v) is 19.1. The van der Waals surface area contributed by atoms with E-state index in [4.69, 9.17) is 4.98 Å². The Labute approximate surface area is 509 Å². The Hall–Kier alpha value is -11.0. The van der Waals surface area contributed by atoms with Crippen LogP contribution in [0, 0.1) is 0 Å². The predicted molar refractivity (Wildman–Crippen MR) is 369 cm³/mol. The van der Waals surface area contributed by atoms with Gasteiger partial charge in [0.05, 0.1) is 66.9 Å². The normalized spacial score (nSPS) is 13.2. The van der Waals surface area contributed by atoms with Gasteiger partial charge in [-0.1, -0.05) is 201 Å². The van der Waals surface area contributed by atoms with E-state index in [1.165, 1.54) is 125 Å². The monoisotopic (exact) mass is 1130 g/mol. The molecule has 12 aromatic carbocycles. The Balaban J connectivity index is 0.829. The van der Waals surface area contributed by atoms with Crippen LogP contribution >= 0.6 is 0 Å². The summed E-state index contributed by atoms with van der Waals surface area (Å²) in [6.07, 6.45) is 6.13. The number of pyridine rings is 1. The van der Waals surface area contributed by atoms with Crippen LogP contribution in [-0.4, -0.2) is 23.3 Å². The lowest BCUT2D eigenvalue weighted by Crippen LogP contribution is -2.06. The van der Waals surface area contributed by atoms with Gasteiger partial charge in [-0.25, -0.2) is 4.98 Å². The van der Waals surface area contributed by atoms with Crippen molar-refractivity contribution in [3.63, 3.8) is 0 Å². The van der Waals surface area contributed by atoms with Crippen molar-refractivity contribution in [2.24, 2.45) is 0 Å². The fraction of sp³-hybridized carbons (Fsp3) is 0.0723. The second kappa shape index (κ2) is 20.3. The minimum atomic E-state index is 0.454. The molecule has 0 radical (unpaired) electrons. The highest BCUT2D eigenvalue weighted by molar-refractivity contribution is 6.13. The van der Waals surface area contributed by atoms with E-state index in [0.717, 1.165) is 67.5 Å². The third kappa shape index (κ3) is 7.97. The van der Waals surface area contributed by atoms with Crippen molar-refractivity contribution in [2.75, 3.05) is 0 Å². The molecule has 5 nitrogen and oxygen atoms in total. The van der Waals surface area contributed by atoms with Crippen LogP contribution in [0.15, 0.2) is 291 Å². The maximum Gasteiger partial charge on any atom is 0.0712 e. The first-order valence-corrected chi connectivity index (χ1v) is 31.1. The standard InChI is InChI=1S/C83H59N5/c1-2-22-54(23-3-1)59-50-72(57-26-20-24-55(48-57)70-52-60(85-74-36-12-4-28-62(74)63-29-5-13-37-75(63)85)44-46-82(70)87-78-40-16-8-32-66(78)67-33-9-17-41-79(67)87)84-73(51-59)58-27-21-25-56(49-58)71-53-61(86-76-38-14-6-30-64(76)65-31-7-15-39-77(65)86)45-47-83(71)88-80-42-18-10-34-68(80)69-35-11-19-43-81(69)88/h4-21,24-54H,1-3,22-23H2. The molecule has 0 bridgehead atoms. The Morgan fingerprint density at radius 3 is 0.875 bits per heavy atom. The smallest absolute Gasteiger partial charge is 0.0712 e. The average molecular weight is 1130 g/mol. The van der Waals surface area contributed by atoms with Crippen molar-refractivity contribution in [2.45, 2.75) is 38.0 Å². The molecule has 5 heterocycles. The van der Waals surface area contributed by atoms with Crippen LogP contribution in [-0.2, 0) is 0 Å². The van der Waals surface area contributed by atoms with E-state index in [1.807, 2.05) is 0 Å². The van der Waals surface area contributed by atoms with E-state index < -0.39 is 0 Å². The summed E-state index contributed by atoms with van der Waals surface area (Å²) in [5, 5.41) is 9.94. The van der Waals surface area contributed by atoms with Crippen molar-refractivity contribution in [3.8, 4) is 67.5 Å². The number of hydrogen-bond donors (Lipinski definition) is 0. The maximum absolute atomic E-state index is 5.78. The summed E-state index contributed by atoms with van der Waals surface area (Å²) in [5.41, 5.74) is 24.0. The van der Waals surface area contributed by atoms with Crippen LogP contribution in [0.3, 0.4) is 0 Å². The Bertz CT molecular complexity index is 5090. The molecule has 0 aliphatic heterocycles. The molecule has 0 spiro atoms. The Kier molecular flexibility index (Phi) is 11.6. The average Bonchev–Trinajstić information content (AvgIpc) is 1.75. The van der Waals surface area contributed by atoms with Crippen LogP contribution in [0.4, 0.5) is 0 Å². The molecular formula is C83H59N5. The zero-order valence-electron chi connectivity index (χ0n) is 48.6. The quantitative estimate of drug-likeness (QED) is 0.142. The zero-order chi connectivity index (χ0) is 57.8. The Morgan fingerprint density at radius 1 is 0.250 bits per heavy atom. The molecule has 0 atom stereocenters. The number of benzene rings is 12. The van der Waals surface area contributed by atoms with Gasteiger partial charge < -0.3 is 18.3 Å². The summed E-state index contributed by atoms with van der Waals surface area (Å²) < 4.78 is 9.83. The van der Waals surface area contributed by atoms with Gasteiger partial charge in [0.1, 0.15) is 0 Å². The molecule has 0 saturated heterocycles. The predicted octanol–water partition coefficient (Wildman–Crippen LogP) is 22.2. The molecule has 1 saturated carbocycles. The van der Waals surface area contributed by atoms with Crippen LogP contribution in [0.1, 0.15) is 43.6 Å². The van der Waals surface area contributed by atoms with Gasteiger partial charge in [-0.3, -0.25) is 0 Å². The lowest BCUT2D eigenvalue weighted by Gasteiger charge is -2.23. The highest BCUT2D eigenvalue weighted by Crippen LogP contribution is 2.44. The van der Waals surface area contributed by atoms with Crippen molar-refractivity contribution >= 4 is 87.2 Å². The first kappa shape index (κ1) is 50.3. The van der Waals surface area contributed by atoms with Gasteiger partial charge in [0.2, 0.25) is 0 Å². The van der Waals surface area contributed by atoms with E-state index in [9.17, 15) is 0 Å². The van der Waals surface area contributed by atoms with Crippen molar-refractivity contribution in [3.05, 3.63) is 297 Å². The Morgan fingerprint density at radius 2 is 0.545 bits per heavy atom. The van der Waals surface area contributed by atoms with Gasteiger partial charge in [0.15, 0.2) is 0 Å². The van der Waals surface area contributed by atoms with Gasteiger partial charge >= 0.3 is 0 Å². The number of para-hydroxylation sites is 8. The molecule has 5 heteroatoms.